The van der Waals surface area contributed by atoms with Gasteiger partial charge >= 0.3 is 0 Å². The lowest BCUT2D eigenvalue weighted by molar-refractivity contribution is 0.102. The highest BCUT2D eigenvalue weighted by Crippen LogP contribution is 2.33. The van der Waals surface area contributed by atoms with Crippen LogP contribution in [0.15, 0.2) is 36.7 Å². The van der Waals surface area contributed by atoms with Crippen LogP contribution in [0.1, 0.15) is 35.6 Å². The topological polar surface area (TPSA) is 90.4 Å². The molecule has 5 rings (SSSR count). The first kappa shape index (κ1) is 19.6. The van der Waals surface area contributed by atoms with Gasteiger partial charge in [-0.1, -0.05) is 0 Å². The predicted molar refractivity (Wildman–Crippen MR) is 123 cm³/mol. The summed E-state index contributed by atoms with van der Waals surface area (Å²) in [6.45, 7) is 10.2. The number of hydrogen-bond donors (Lipinski definition) is 3. The molecule has 0 bridgehead atoms. The molecule has 1 aliphatic rings. The van der Waals surface area contributed by atoms with Crippen molar-refractivity contribution in [2.75, 3.05) is 23.3 Å². The number of amides is 1. The van der Waals surface area contributed by atoms with Crippen LogP contribution in [0.3, 0.4) is 0 Å². The first-order chi connectivity index (χ1) is 14.9. The van der Waals surface area contributed by atoms with E-state index in [2.05, 4.69) is 56.6 Å². The zero-order valence-corrected chi connectivity index (χ0v) is 18.2. The lowest BCUT2D eigenvalue weighted by Gasteiger charge is -2.38. The molecule has 0 saturated carbocycles. The van der Waals surface area contributed by atoms with Crippen molar-refractivity contribution in [3.05, 3.63) is 53.6 Å². The molecule has 2 atom stereocenters. The Balaban J connectivity index is 1.46. The summed E-state index contributed by atoms with van der Waals surface area (Å²) < 4.78 is 1.67. The number of imidazole rings is 1. The van der Waals surface area contributed by atoms with E-state index in [9.17, 15) is 4.79 Å². The Bertz CT molecular complexity index is 1280. The molecule has 0 radical (unpaired) electrons. The van der Waals surface area contributed by atoms with E-state index in [0.717, 1.165) is 46.6 Å². The molecule has 3 aromatic heterocycles. The summed E-state index contributed by atoms with van der Waals surface area (Å²) in [5.74, 6) is -0.246. The highest BCUT2D eigenvalue weighted by Gasteiger charge is 2.23. The van der Waals surface area contributed by atoms with Gasteiger partial charge in [0, 0.05) is 42.4 Å². The van der Waals surface area contributed by atoms with E-state index in [0.29, 0.717) is 17.8 Å². The van der Waals surface area contributed by atoms with Gasteiger partial charge in [-0.15, -0.1) is 0 Å². The number of nitrogens with zero attached hydrogens (tertiary/aromatic N) is 4. The van der Waals surface area contributed by atoms with E-state index in [1.165, 1.54) is 5.69 Å². The van der Waals surface area contributed by atoms with Crippen molar-refractivity contribution in [1.82, 2.24) is 24.9 Å². The number of hydrogen-bond acceptors (Lipinski definition) is 5. The van der Waals surface area contributed by atoms with Crippen molar-refractivity contribution < 1.29 is 4.79 Å². The van der Waals surface area contributed by atoms with Gasteiger partial charge in [0.1, 0.15) is 5.69 Å². The molecular formula is C23H27N7O. The summed E-state index contributed by atoms with van der Waals surface area (Å²) in [5, 5.41) is 12.2. The van der Waals surface area contributed by atoms with Crippen LogP contribution in [0.25, 0.3) is 16.6 Å². The number of carbonyl (C=O) groups excluding carboxylic acids is 1. The maximum Gasteiger partial charge on any atom is 0.276 e. The van der Waals surface area contributed by atoms with Crippen molar-refractivity contribution in [3.63, 3.8) is 0 Å². The molecule has 0 aliphatic carbocycles. The molecule has 1 aliphatic heterocycles. The third-order valence-corrected chi connectivity index (χ3v) is 5.81. The molecular weight excluding hydrogens is 390 g/mol. The second-order valence-corrected chi connectivity index (χ2v) is 8.59. The number of benzene rings is 1. The number of fused-ring (bicyclic) bond motifs is 2. The van der Waals surface area contributed by atoms with E-state index in [1.807, 2.05) is 32.3 Å². The first-order valence-electron chi connectivity index (χ1n) is 10.6. The number of aromatic nitrogens is 4. The van der Waals surface area contributed by atoms with Crippen LogP contribution in [0, 0.1) is 13.8 Å². The lowest BCUT2D eigenvalue weighted by atomic mass is 10.1. The summed E-state index contributed by atoms with van der Waals surface area (Å²) in [4.78, 5) is 23.2. The standard InChI is InChI=1S/C23H27N7O/c1-13-9-19(28-30-12-16(4)26-22(13)30)23(31)27-18-5-6-20(17-7-8-24-21(17)18)29-10-14(2)25-15(3)11-29/h5-9,12,14-15,24-25H,10-11H2,1-4H3,(H,27,31). The van der Waals surface area contributed by atoms with E-state index in [-0.39, 0.29) is 5.91 Å². The van der Waals surface area contributed by atoms with E-state index in [1.54, 1.807) is 10.6 Å². The van der Waals surface area contributed by atoms with Gasteiger partial charge in [0.25, 0.3) is 5.91 Å². The smallest absolute Gasteiger partial charge is 0.276 e. The number of H-pyrrole nitrogens is 1. The fourth-order valence-corrected chi connectivity index (χ4v) is 4.59. The van der Waals surface area contributed by atoms with E-state index in [4.69, 9.17) is 0 Å². The zero-order chi connectivity index (χ0) is 21.7. The second-order valence-electron chi connectivity index (χ2n) is 8.59. The van der Waals surface area contributed by atoms with Gasteiger partial charge in [-0.3, -0.25) is 4.79 Å². The normalized spacial score (nSPS) is 19.3. The highest BCUT2D eigenvalue weighted by molar-refractivity contribution is 6.09. The minimum absolute atomic E-state index is 0.246. The Morgan fingerprint density at radius 2 is 1.94 bits per heavy atom. The first-order valence-corrected chi connectivity index (χ1v) is 10.6. The third kappa shape index (κ3) is 3.53. The average Bonchev–Trinajstić information content (AvgIpc) is 3.34. The molecule has 8 heteroatoms. The third-order valence-electron chi connectivity index (χ3n) is 5.81. The van der Waals surface area contributed by atoms with Crippen LogP contribution >= 0.6 is 0 Å². The van der Waals surface area contributed by atoms with Crippen molar-refractivity contribution >= 4 is 33.8 Å². The minimum Gasteiger partial charge on any atom is -0.368 e. The largest absolute Gasteiger partial charge is 0.368 e. The highest BCUT2D eigenvalue weighted by atomic mass is 16.1. The molecule has 8 nitrogen and oxygen atoms in total. The van der Waals surface area contributed by atoms with Gasteiger partial charge in [0.2, 0.25) is 0 Å². The van der Waals surface area contributed by atoms with Gasteiger partial charge in [0.15, 0.2) is 5.65 Å². The number of piperazine rings is 1. The Morgan fingerprint density at radius 3 is 2.71 bits per heavy atom. The van der Waals surface area contributed by atoms with Gasteiger partial charge in [-0.2, -0.15) is 5.10 Å². The number of anilines is 2. The summed E-state index contributed by atoms with van der Waals surface area (Å²) in [6.07, 6.45) is 3.74. The van der Waals surface area contributed by atoms with Crippen molar-refractivity contribution in [3.8, 4) is 0 Å². The summed E-state index contributed by atoms with van der Waals surface area (Å²) >= 11 is 0. The molecule has 3 N–H and O–H groups in total. The van der Waals surface area contributed by atoms with E-state index >= 15 is 0 Å². The number of aromatic amines is 1. The number of rotatable bonds is 3. The number of carbonyl (C=O) groups is 1. The fraction of sp³-hybridized carbons (Fsp3) is 0.348. The lowest BCUT2D eigenvalue weighted by Crippen LogP contribution is -2.54. The fourth-order valence-electron chi connectivity index (χ4n) is 4.59. The van der Waals surface area contributed by atoms with E-state index < -0.39 is 0 Å². The Morgan fingerprint density at radius 1 is 1.16 bits per heavy atom. The minimum atomic E-state index is -0.246. The summed E-state index contributed by atoms with van der Waals surface area (Å²) in [6, 6.07) is 8.76. The van der Waals surface area contributed by atoms with Crippen LogP contribution < -0.4 is 15.5 Å². The quantitative estimate of drug-likeness (QED) is 0.476. The van der Waals surface area contributed by atoms with Crippen LogP contribution in [0.4, 0.5) is 11.4 Å². The molecule has 2 unspecified atom stereocenters. The van der Waals surface area contributed by atoms with Gasteiger partial charge in [-0.25, -0.2) is 9.50 Å². The summed E-state index contributed by atoms with van der Waals surface area (Å²) in [7, 11) is 0. The molecule has 4 aromatic rings. The van der Waals surface area contributed by atoms with Crippen molar-refractivity contribution in [2.45, 2.75) is 39.8 Å². The number of nitrogens with one attached hydrogen (secondary N) is 3. The Labute approximate surface area is 180 Å². The molecule has 4 heterocycles. The van der Waals surface area contributed by atoms with Gasteiger partial charge in [0.05, 0.1) is 23.1 Å². The Hall–Kier alpha value is -3.39. The van der Waals surface area contributed by atoms with Crippen LogP contribution in [0.5, 0.6) is 0 Å². The van der Waals surface area contributed by atoms with Crippen molar-refractivity contribution in [1.29, 1.82) is 0 Å². The molecule has 31 heavy (non-hydrogen) atoms. The molecule has 0 spiro atoms. The second kappa shape index (κ2) is 7.39. The monoisotopic (exact) mass is 417 g/mol. The molecule has 1 amide bonds. The average molecular weight is 418 g/mol. The van der Waals surface area contributed by atoms with Crippen LogP contribution in [0.2, 0.25) is 0 Å². The van der Waals surface area contributed by atoms with Gasteiger partial charge in [-0.05, 0) is 57.5 Å². The van der Waals surface area contributed by atoms with Crippen molar-refractivity contribution in [2.24, 2.45) is 0 Å². The number of aryl methyl sites for hydroxylation is 2. The maximum absolute atomic E-state index is 13.0. The summed E-state index contributed by atoms with van der Waals surface area (Å²) in [5.41, 5.74) is 5.75. The molecule has 1 aromatic carbocycles. The Kier molecular flexibility index (Phi) is 4.66. The van der Waals surface area contributed by atoms with Gasteiger partial charge < -0.3 is 20.5 Å². The zero-order valence-electron chi connectivity index (χ0n) is 18.2. The van der Waals surface area contributed by atoms with Crippen LogP contribution in [-0.4, -0.2) is 50.7 Å². The molecule has 1 saturated heterocycles. The van der Waals surface area contributed by atoms with Crippen LogP contribution in [-0.2, 0) is 0 Å². The maximum atomic E-state index is 13.0. The predicted octanol–water partition coefficient (Wildman–Crippen LogP) is 3.27. The molecule has 1 fully saturated rings. The SMILES string of the molecule is Cc1cn2nc(C(=O)Nc3ccc(N4CC(C)NC(C)C4)c4cc[nH]c34)cc(C)c2n1. The molecule has 160 valence electrons.